The Morgan fingerprint density at radius 1 is 1.69 bits per heavy atom. The summed E-state index contributed by atoms with van der Waals surface area (Å²) in [6.07, 6.45) is -0.235. The second kappa shape index (κ2) is 3.54. The molecule has 1 saturated heterocycles. The third kappa shape index (κ3) is 2.34. The third-order valence-corrected chi connectivity index (χ3v) is 2.13. The van der Waals surface area contributed by atoms with Crippen LogP contribution in [0.1, 0.15) is 20.8 Å². The van der Waals surface area contributed by atoms with E-state index in [1.54, 1.807) is 4.90 Å². The first kappa shape index (κ1) is 10.3. The summed E-state index contributed by atoms with van der Waals surface area (Å²) in [5.74, 6) is 0.465. The largest absolute Gasteiger partial charge is 0.440 e. The van der Waals surface area contributed by atoms with Crippen molar-refractivity contribution in [2.45, 2.75) is 26.4 Å². The van der Waals surface area contributed by atoms with Crippen LogP contribution in [0.25, 0.3) is 0 Å². The van der Waals surface area contributed by atoms with Gasteiger partial charge < -0.3 is 15.4 Å². The van der Waals surface area contributed by atoms with Crippen LogP contribution >= 0.6 is 0 Å². The van der Waals surface area contributed by atoms with Crippen LogP contribution in [-0.4, -0.2) is 36.2 Å². The highest BCUT2D eigenvalue weighted by atomic mass is 16.6. The normalized spacial score (nSPS) is 28.4. The van der Waals surface area contributed by atoms with E-state index >= 15 is 0 Å². The number of rotatable bonds is 3. The summed E-state index contributed by atoms with van der Waals surface area (Å²) in [5, 5.41) is 0. The maximum atomic E-state index is 11.3. The molecule has 76 valence electrons. The average Bonchev–Trinajstić information content (AvgIpc) is 2.27. The number of carbonyl (C=O) groups excluding carboxylic acids is 1. The SMILES string of the molecule is CC(C)CN1CC(C)(CN)OC1=O. The minimum Gasteiger partial charge on any atom is -0.440 e. The Morgan fingerprint density at radius 3 is 2.69 bits per heavy atom. The molecule has 1 aliphatic rings. The van der Waals surface area contributed by atoms with E-state index in [1.807, 2.05) is 6.92 Å². The molecule has 4 nitrogen and oxygen atoms in total. The maximum absolute atomic E-state index is 11.3. The van der Waals surface area contributed by atoms with Gasteiger partial charge in [0.25, 0.3) is 0 Å². The highest BCUT2D eigenvalue weighted by Crippen LogP contribution is 2.21. The molecular weight excluding hydrogens is 168 g/mol. The van der Waals surface area contributed by atoms with Gasteiger partial charge in [0.1, 0.15) is 5.60 Å². The zero-order chi connectivity index (χ0) is 10.1. The summed E-state index contributed by atoms with van der Waals surface area (Å²) < 4.78 is 5.17. The molecule has 13 heavy (non-hydrogen) atoms. The Morgan fingerprint density at radius 2 is 2.31 bits per heavy atom. The Balaban J connectivity index is 2.56. The van der Waals surface area contributed by atoms with Crippen LogP contribution < -0.4 is 5.73 Å². The molecule has 0 bridgehead atoms. The molecule has 4 heteroatoms. The van der Waals surface area contributed by atoms with Crippen molar-refractivity contribution < 1.29 is 9.53 Å². The standard InChI is InChI=1S/C9H18N2O2/c1-7(2)4-11-6-9(3,5-10)13-8(11)12/h7H,4-6,10H2,1-3H3. The van der Waals surface area contributed by atoms with Gasteiger partial charge in [-0.1, -0.05) is 13.8 Å². The maximum Gasteiger partial charge on any atom is 0.410 e. The second-order valence-corrected chi connectivity index (χ2v) is 4.30. The van der Waals surface area contributed by atoms with E-state index in [-0.39, 0.29) is 6.09 Å². The molecule has 0 saturated carbocycles. The van der Waals surface area contributed by atoms with Gasteiger partial charge in [0.2, 0.25) is 0 Å². The fraction of sp³-hybridized carbons (Fsp3) is 0.889. The van der Waals surface area contributed by atoms with E-state index in [4.69, 9.17) is 10.5 Å². The van der Waals surface area contributed by atoms with Crippen molar-refractivity contribution in [1.29, 1.82) is 0 Å². The van der Waals surface area contributed by atoms with Crippen LogP contribution in [0, 0.1) is 5.92 Å². The Bertz CT molecular complexity index is 206. The van der Waals surface area contributed by atoms with Gasteiger partial charge in [0, 0.05) is 13.1 Å². The van der Waals surface area contributed by atoms with E-state index in [0.29, 0.717) is 19.0 Å². The van der Waals surface area contributed by atoms with Crippen molar-refractivity contribution in [1.82, 2.24) is 4.90 Å². The number of nitrogens with zero attached hydrogens (tertiary/aromatic N) is 1. The number of cyclic esters (lactones) is 1. The van der Waals surface area contributed by atoms with Gasteiger partial charge in [-0.3, -0.25) is 0 Å². The molecule has 1 amide bonds. The van der Waals surface area contributed by atoms with Crippen molar-refractivity contribution in [2.24, 2.45) is 11.7 Å². The molecule has 1 aliphatic heterocycles. The molecule has 0 aliphatic carbocycles. The average molecular weight is 186 g/mol. The highest BCUT2D eigenvalue weighted by Gasteiger charge is 2.40. The Kier molecular flexibility index (Phi) is 2.81. The fourth-order valence-corrected chi connectivity index (χ4v) is 1.46. The summed E-state index contributed by atoms with van der Waals surface area (Å²) in [6, 6.07) is 0. The minimum absolute atomic E-state index is 0.235. The first-order chi connectivity index (χ1) is 5.97. The van der Waals surface area contributed by atoms with Crippen molar-refractivity contribution in [3.05, 3.63) is 0 Å². The lowest BCUT2D eigenvalue weighted by atomic mass is 10.1. The van der Waals surface area contributed by atoms with Gasteiger partial charge in [-0.25, -0.2) is 4.79 Å². The minimum atomic E-state index is -0.480. The zero-order valence-corrected chi connectivity index (χ0v) is 8.54. The van der Waals surface area contributed by atoms with Crippen molar-refractivity contribution in [3.63, 3.8) is 0 Å². The number of hydrogen-bond donors (Lipinski definition) is 1. The van der Waals surface area contributed by atoms with Gasteiger partial charge >= 0.3 is 6.09 Å². The van der Waals surface area contributed by atoms with Crippen LogP contribution in [-0.2, 0) is 4.74 Å². The van der Waals surface area contributed by atoms with E-state index in [1.165, 1.54) is 0 Å². The summed E-state index contributed by atoms with van der Waals surface area (Å²) in [5.41, 5.74) is 5.04. The lowest BCUT2D eigenvalue weighted by molar-refractivity contribution is 0.0781. The molecule has 1 heterocycles. The lowest BCUT2D eigenvalue weighted by Crippen LogP contribution is -2.39. The van der Waals surface area contributed by atoms with Crippen molar-refractivity contribution in [2.75, 3.05) is 19.6 Å². The smallest absolute Gasteiger partial charge is 0.410 e. The van der Waals surface area contributed by atoms with Crippen LogP contribution in [0.4, 0.5) is 4.79 Å². The summed E-state index contributed by atoms with van der Waals surface area (Å²) >= 11 is 0. The summed E-state index contributed by atoms with van der Waals surface area (Å²) in [4.78, 5) is 13.1. The zero-order valence-electron chi connectivity index (χ0n) is 8.54. The molecule has 1 unspecified atom stereocenters. The number of carbonyl (C=O) groups is 1. The Labute approximate surface area is 79.0 Å². The number of ether oxygens (including phenoxy) is 1. The van der Waals surface area contributed by atoms with Crippen LogP contribution in [0.15, 0.2) is 0 Å². The molecule has 0 spiro atoms. The predicted molar refractivity (Wildman–Crippen MR) is 50.4 cm³/mol. The lowest BCUT2D eigenvalue weighted by Gasteiger charge is -2.19. The van der Waals surface area contributed by atoms with Gasteiger partial charge in [-0.15, -0.1) is 0 Å². The molecule has 0 radical (unpaired) electrons. The van der Waals surface area contributed by atoms with Gasteiger partial charge in [-0.2, -0.15) is 0 Å². The van der Waals surface area contributed by atoms with Crippen molar-refractivity contribution in [3.8, 4) is 0 Å². The number of nitrogens with two attached hydrogens (primary N) is 1. The molecular formula is C9H18N2O2. The molecule has 2 N–H and O–H groups in total. The summed E-state index contributed by atoms with van der Waals surface area (Å²) in [7, 11) is 0. The topological polar surface area (TPSA) is 55.6 Å². The molecule has 1 rings (SSSR count). The van der Waals surface area contributed by atoms with Gasteiger partial charge in [-0.05, 0) is 12.8 Å². The molecule has 0 aromatic heterocycles. The van der Waals surface area contributed by atoms with E-state index in [0.717, 1.165) is 6.54 Å². The molecule has 0 aromatic rings. The quantitative estimate of drug-likeness (QED) is 0.709. The van der Waals surface area contributed by atoms with E-state index in [9.17, 15) is 4.79 Å². The summed E-state index contributed by atoms with van der Waals surface area (Å²) in [6.45, 7) is 7.75. The molecule has 1 atom stereocenters. The first-order valence-electron chi connectivity index (χ1n) is 4.65. The molecule has 1 fully saturated rings. The van der Waals surface area contributed by atoms with E-state index in [2.05, 4.69) is 13.8 Å². The van der Waals surface area contributed by atoms with Gasteiger partial charge in [0.15, 0.2) is 0 Å². The monoisotopic (exact) mass is 186 g/mol. The predicted octanol–water partition coefficient (Wildman–Crippen LogP) is 0.812. The number of amides is 1. The van der Waals surface area contributed by atoms with Crippen molar-refractivity contribution >= 4 is 6.09 Å². The Hall–Kier alpha value is -0.770. The number of hydrogen-bond acceptors (Lipinski definition) is 3. The third-order valence-electron chi connectivity index (χ3n) is 2.13. The second-order valence-electron chi connectivity index (χ2n) is 4.30. The van der Waals surface area contributed by atoms with Crippen LogP contribution in [0.5, 0.6) is 0 Å². The van der Waals surface area contributed by atoms with E-state index < -0.39 is 5.60 Å². The fourth-order valence-electron chi connectivity index (χ4n) is 1.46. The van der Waals surface area contributed by atoms with Crippen LogP contribution in [0.2, 0.25) is 0 Å². The molecule has 0 aromatic carbocycles. The highest BCUT2D eigenvalue weighted by molar-refractivity contribution is 5.70. The van der Waals surface area contributed by atoms with Gasteiger partial charge in [0.05, 0.1) is 6.54 Å². The first-order valence-corrected chi connectivity index (χ1v) is 4.65. The van der Waals surface area contributed by atoms with Crippen LogP contribution in [0.3, 0.4) is 0 Å².